The number of nitrogens with zero attached hydrogens (tertiary/aromatic N) is 1. The molecular weight excluding hydrogens is 461 g/mol. The van der Waals surface area contributed by atoms with Gasteiger partial charge in [0.1, 0.15) is 23.4 Å². The minimum Gasteiger partial charge on any atom is -0.457 e. The number of nitrogens with one attached hydrogen (secondary N) is 2. The Morgan fingerprint density at radius 2 is 1.53 bits per heavy atom. The van der Waals surface area contributed by atoms with E-state index in [2.05, 4.69) is 15.5 Å². The molecule has 2 amide bonds. The second-order valence-electron chi connectivity index (χ2n) is 8.67. The molecule has 0 saturated carbocycles. The van der Waals surface area contributed by atoms with Crippen molar-refractivity contribution < 1.29 is 23.5 Å². The first-order valence-corrected chi connectivity index (χ1v) is 12.0. The molecule has 188 valence electrons. The van der Waals surface area contributed by atoms with Crippen LogP contribution in [0.2, 0.25) is 0 Å². The molecule has 0 spiro atoms. The van der Waals surface area contributed by atoms with Gasteiger partial charge in [0.05, 0.1) is 19.8 Å². The van der Waals surface area contributed by atoms with Crippen molar-refractivity contribution in [1.82, 2.24) is 10.2 Å². The van der Waals surface area contributed by atoms with Gasteiger partial charge in [-0.25, -0.2) is 4.39 Å². The van der Waals surface area contributed by atoms with Crippen LogP contribution >= 0.6 is 0 Å². The number of likely N-dealkylation sites (tertiary alicyclic amines) is 1. The maximum atomic E-state index is 13.1. The molecule has 1 aliphatic heterocycles. The number of amides is 2. The number of benzene rings is 3. The molecule has 4 rings (SSSR count). The predicted octanol–water partition coefficient (Wildman–Crippen LogP) is 4.35. The molecule has 1 atom stereocenters. The number of rotatable bonds is 11. The molecular formula is C28H30FN3O4. The monoisotopic (exact) mass is 491 g/mol. The summed E-state index contributed by atoms with van der Waals surface area (Å²) in [4.78, 5) is 27.7. The third-order valence-electron chi connectivity index (χ3n) is 5.78. The lowest BCUT2D eigenvalue weighted by Crippen LogP contribution is -2.49. The molecule has 0 bridgehead atoms. The fraction of sp³-hybridized carbons (Fsp3) is 0.286. The van der Waals surface area contributed by atoms with Crippen LogP contribution in [0.3, 0.4) is 0 Å². The SMILES string of the molecule is O=C(CN1CCCC1)NC(COCc1ccccc1)C(=O)Nc1ccc(Oc2ccc(F)cc2)cc1. The first-order chi connectivity index (χ1) is 17.5. The van der Waals surface area contributed by atoms with Gasteiger partial charge in [-0.3, -0.25) is 14.5 Å². The van der Waals surface area contributed by atoms with Crippen LogP contribution in [-0.4, -0.2) is 49.0 Å². The summed E-state index contributed by atoms with van der Waals surface area (Å²) in [5, 5.41) is 5.66. The molecule has 0 aromatic heterocycles. The van der Waals surface area contributed by atoms with E-state index >= 15 is 0 Å². The average Bonchev–Trinajstić information content (AvgIpc) is 3.39. The topological polar surface area (TPSA) is 79.9 Å². The third kappa shape index (κ3) is 7.90. The van der Waals surface area contributed by atoms with Gasteiger partial charge in [0.2, 0.25) is 11.8 Å². The zero-order valence-electron chi connectivity index (χ0n) is 20.0. The van der Waals surface area contributed by atoms with Gasteiger partial charge in [0.25, 0.3) is 0 Å². The van der Waals surface area contributed by atoms with Crippen molar-refractivity contribution in [2.45, 2.75) is 25.5 Å². The molecule has 1 aliphatic rings. The molecule has 1 unspecified atom stereocenters. The lowest BCUT2D eigenvalue weighted by molar-refractivity contribution is -0.128. The maximum Gasteiger partial charge on any atom is 0.249 e. The highest BCUT2D eigenvalue weighted by molar-refractivity contribution is 5.97. The van der Waals surface area contributed by atoms with Gasteiger partial charge in [0, 0.05) is 5.69 Å². The highest BCUT2D eigenvalue weighted by Crippen LogP contribution is 2.23. The van der Waals surface area contributed by atoms with Crippen LogP contribution in [-0.2, 0) is 20.9 Å². The smallest absolute Gasteiger partial charge is 0.249 e. The van der Waals surface area contributed by atoms with Crippen LogP contribution in [0.1, 0.15) is 18.4 Å². The van der Waals surface area contributed by atoms with E-state index in [1.54, 1.807) is 24.3 Å². The Bertz CT molecular complexity index is 1120. The highest BCUT2D eigenvalue weighted by atomic mass is 19.1. The summed E-state index contributed by atoms with van der Waals surface area (Å²) in [7, 11) is 0. The fourth-order valence-corrected chi connectivity index (χ4v) is 3.91. The van der Waals surface area contributed by atoms with Crippen molar-refractivity contribution in [2.75, 3.05) is 31.6 Å². The fourth-order valence-electron chi connectivity index (χ4n) is 3.91. The van der Waals surface area contributed by atoms with Crippen molar-refractivity contribution in [2.24, 2.45) is 0 Å². The zero-order chi connectivity index (χ0) is 25.2. The van der Waals surface area contributed by atoms with Crippen molar-refractivity contribution in [3.8, 4) is 11.5 Å². The molecule has 2 N–H and O–H groups in total. The summed E-state index contributed by atoms with van der Waals surface area (Å²) in [5.41, 5.74) is 1.53. The van der Waals surface area contributed by atoms with E-state index in [0.29, 0.717) is 23.8 Å². The average molecular weight is 492 g/mol. The maximum absolute atomic E-state index is 13.1. The summed E-state index contributed by atoms with van der Waals surface area (Å²) in [6.45, 7) is 2.42. The lowest BCUT2D eigenvalue weighted by atomic mass is 10.2. The largest absolute Gasteiger partial charge is 0.457 e. The van der Waals surface area contributed by atoms with Crippen LogP contribution in [0.5, 0.6) is 11.5 Å². The molecule has 1 fully saturated rings. The summed E-state index contributed by atoms with van der Waals surface area (Å²) < 4.78 is 24.5. The second kappa shape index (κ2) is 12.8. The van der Waals surface area contributed by atoms with Crippen LogP contribution in [0.15, 0.2) is 78.9 Å². The Kier molecular flexibility index (Phi) is 9.02. The normalized spacial score (nSPS) is 14.2. The number of carbonyl (C=O) groups excluding carboxylic acids is 2. The lowest BCUT2D eigenvalue weighted by Gasteiger charge is -2.21. The minimum absolute atomic E-state index is 0.0399. The Morgan fingerprint density at radius 1 is 0.889 bits per heavy atom. The number of halogens is 1. The number of carbonyl (C=O) groups is 2. The molecule has 36 heavy (non-hydrogen) atoms. The zero-order valence-corrected chi connectivity index (χ0v) is 20.0. The van der Waals surface area contributed by atoms with E-state index in [0.717, 1.165) is 31.5 Å². The van der Waals surface area contributed by atoms with Crippen molar-refractivity contribution in [3.05, 3.63) is 90.2 Å². The Labute approximate surface area is 210 Å². The number of hydrogen-bond donors (Lipinski definition) is 2. The van der Waals surface area contributed by atoms with E-state index in [1.165, 1.54) is 24.3 Å². The van der Waals surface area contributed by atoms with E-state index < -0.39 is 6.04 Å². The number of anilines is 1. The Morgan fingerprint density at radius 3 is 2.19 bits per heavy atom. The molecule has 7 nitrogen and oxygen atoms in total. The molecule has 1 saturated heterocycles. The molecule has 1 heterocycles. The standard InChI is InChI=1S/C28H30FN3O4/c29-22-8-12-24(13-9-22)36-25-14-10-23(11-15-25)30-28(34)26(20-35-19-21-6-2-1-3-7-21)31-27(33)18-32-16-4-5-17-32/h1-3,6-15,26H,4-5,16-20H2,(H,30,34)(H,31,33). The number of ether oxygens (including phenoxy) is 2. The summed E-state index contributed by atoms with van der Waals surface area (Å²) in [6.07, 6.45) is 2.16. The van der Waals surface area contributed by atoms with Gasteiger partial charge < -0.3 is 20.1 Å². The van der Waals surface area contributed by atoms with Gasteiger partial charge in [-0.1, -0.05) is 30.3 Å². The first kappa shape index (κ1) is 25.3. The van der Waals surface area contributed by atoms with Gasteiger partial charge in [-0.2, -0.15) is 0 Å². The van der Waals surface area contributed by atoms with Gasteiger partial charge in [0.15, 0.2) is 0 Å². The van der Waals surface area contributed by atoms with Crippen molar-refractivity contribution in [3.63, 3.8) is 0 Å². The second-order valence-corrected chi connectivity index (χ2v) is 8.67. The van der Waals surface area contributed by atoms with Gasteiger partial charge in [-0.15, -0.1) is 0 Å². The predicted molar refractivity (Wildman–Crippen MR) is 135 cm³/mol. The molecule has 0 aliphatic carbocycles. The van der Waals surface area contributed by atoms with Crippen LogP contribution in [0.25, 0.3) is 0 Å². The molecule has 0 radical (unpaired) electrons. The Hall–Kier alpha value is -3.75. The summed E-state index contributed by atoms with van der Waals surface area (Å²) >= 11 is 0. The van der Waals surface area contributed by atoms with Gasteiger partial charge in [-0.05, 0) is 80.0 Å². The first-order valence-electron chi connectivity index (χ1n) is 12.0. The van der Waals surface area contributed by atoms with Crippen LogP contribution in [0, 0.1) is 5.82 Å². The minimum atomic E-state index is -0.848. The number of hydrogen-bond acceptors (Lipinski definition) is 5. The quantitative estimate of drug-likeness (QED) is 0.417. The Balaban J connectivity index is 1.34. The molecule has 3 aromatic rings. The van der Waals surface area contributed by atoms with E-state index in [9.17, 15) is 14.0 Å². The van der Waals surface area contributed by atoms with Crippen LogP contribution in [0.4, 0.5) is 10.1 Å². The summed E-state index contributed by atoms with van der Waals surface area (Å²) in [5.74, 6) is 0.134. The van der Waals surface area contributed by atoms with Crippen molar-refractivity contribution >= 4 is 17.5 Å². The van der Waals surface area contributed by atoms with Gasteiger partial charge >= 0.3 is 0 Å². The highest BCUT2D eigenvalue weighted by Gasteiger charge is 2.23. The van der Waals surface area contributed by atoms with Crippen molar-refractivity contribution in [1.29, 1.82) is 0 Å². The molecule has 8 heteroatoms. The van der Waals surface area contributed by atoms with E-state index in [-0.39, 0.29) is 30.8 Å². The van der Waals surface area contributed by atoms with E-state index in [1.807, 2.05) is 30.3 Å². The molecule has 3 aromatic carbocycles. The van der Waals surface area contributed by atoms with Crippen LogP contribution < -0.4 is 15.4 Å². The van der Waals surface area contributed by atoms with E-state index in [4.69, 9.17) is 9.47 Å². The third-order valence-corrected chi connectivity index (χ3v) is 5.78. The summed E-state index contributed by atoms with van der Waals surface area (Å²) in [6, 6.07) is 21.3.